The highest BCUT2D eigenvalue weighted by atomic mass is 19.4. The van der Waals surface area contributed by atoms with Gasteiger partial charge in [-0.05, 0) is 76.8 Å². The molecule has 1 atom stereocenters. The zero-order valence-electron chi connectivity index (χ0n) is 22.7. The van der Waals surface area contributed by atoms with E-state index in [1.54, 1.807) is 39.0 Å². The van der Waals surface area contributed by atoms with Crippen LogP contribution in [0, 0.1) is 0 Å². The molecule has 7 nitrogen and oxygen atoms in total. The van der Waals surface area contributed by atoms with Crippen molar-refractivity contribution in [3.63, 3.8) is 0 Å². The van der Waals surface area contributed by atoms with E-state index in [0.717, 1.165) is 30.9 Å². The average Bonchev–Trinajstić information content (AvgIpc) is 3.36. The number of aromatic nitrogens is 2. The number of carbonyl (C=O) groups excluding carboxylic acids is 1. The van der Waals surface area contributed by atoms with Crippen molar-refractivity contribution in [1.29, 1.82) is 0 Å². The van der Waals surface area contributed by atoms with Gasteiger partial charge in [0, 0.05) is 29.4 Å². The zero-order valence-corrected chi connectivity index (χ0v) is 22.7. The molecule has 2 aromatic carbocycles. The minimum atomic E-state index is -4.52. The number of hydrogen-bond acceptors (Lipinski definition) is 7. The van der Waals surface area contributed by atoms with E-state index in [2.05, 4.69) is 10.1 Å². The summed E-state index contributed by atoms with van der Waals surface area (Å²) in [6, 6.07) is 11.5. The number of alkyl halides is 3. The Hall–Kier alpha value is -3.40. The Kier molecular flexibility index (Phi) is 8.64. The van der Waals surface area contributed by atoms with Gasteiger partial charge in [-0.1, -0.05) is 23.4 Å². The number of anilines is 1. The zero-order chi connectivity index (χ0) is 28.2. The molecular formula is C29H34F3N3O4. The average molecular weight is 546 g/mol. The summed E-state index contributed by atoms with van der Waals surface area (Å²) in [5.74, 6) is -0.0709. The second-order valence-corrected chi connectivity index (χ2v) is 10.8. The first kappa shape index (κ1) is 28.6. The van der Waals surface area contributed by atoms with Crippen molar-refractivity contribution >= 4 is 11.7 Å². The smallest absolute Gasteiger partial charge is 0.418 e. The second kappa shape index (κ2) is 11.8. The first-order valence-corrected chi connectivity index (χ1v) is 13.1. The standard InChI is InChI=1S/C29H34F3N3O4/c1-19-8-5-6-14-35(19)24-12-11-22(17-23(24)29(30,31)32)27-33-26(34-39-27)21-10-7-9-20(16-21)18-37-15-13-25(36)38-28(2,3)4/h7,9-12,16-17,19H,5-6,8,13-15,18H2,1-4H3. The highest BCUT2D eigenvalue weighted by Gasteiger charge is 2.37. The first-order valence-electron chi connectivity index (χ1n) is 13.1. The van der Waals surface area contributed by atoms with E-state index in [-0.39, 0.29) is 54.6 Å². The molecule has 4 rings (SSSR count). The van der Waals surface area contributed by atoms with Gasteiger partial charge >= 0.3 is 12.1 Å². The van der Waals surface area contributed by atoms with Crippen molar-refractivity contribution in [2.24, 2.45) is 0 Å². The topological polar surface area (TPSA) is 77.7 Å². The molecule has 1 unspecified atom stereocenters. The molecule has 1 aromatic heterocycles. The van der Waals surface area contributed by atoms with Gasteiger partial charge in [0.1, 0.15) is 5.60 Å². The van der Waals surface area contributed by atoms with Gasteiger partial charge in [0.05, 0.1) is 25.2 Å². The number of halogens is 3. The number of ether oxygens (including phenoxy) is 2. The normalized spacial score (nSPS) is 16.4. The predicted octanol–water partition coefficient (Wildman–Crippen LogP) is 7.05. The molecule has 0 spiro atoms. The molecule has 0 bridgehead atoms. The maximum atomic E-state index is 14.1. The largest absolute Gasteiger partial charge is 0.460 e. The quantitative estimate of drug-likeness (QED) is 0.222. The lowest BCUT2D eigenvalue weighted by molar-refractivity contribution is -0.156. The maximum Gasteiger partial charge on any atom is 0.418 e. The van der Waals surface area contributed by atoms with Crippen molar-refractivity contribution in [1.82, 2.24) is 10.1 Å². The molecule has 0 N–H and O–H groups in total. The number of rotatable bonds is 8. The lowest BCUT2D eigenvalue weighted by Gasteiger charge is -2.37. The van der Waals surface area contributed by atoms with Crippen LogP contribution >= 0.6 is 0 Å². The van der Waals surface area contributed by atoms with Gasteiger partial charge in [-0.15, -0.1) is 0 Å². The van der Waals surface area contributed by atoms with Crippen LogP contribution in [-0.2, 0) is 27.1 Å². The van der Waals surface area contributed by atoms with Crippen LogP contribution in [0.4, 0.5) is 18.9 Å². The fraction of sp³-hybridized carbons (Fsp3) is 0.483. The highest BCUT2D eigenvalue weighted by molar-refractivity contribution is 5.70. The molecule has 1 aliphatic rings. The Morgan fingerprint density at radius 1 is 1.10 bits per heavy atom. The molecule has 210 valence electrons. The number of esters is 1. The van der Waals surface area contributed by atoms with Crippen LogP contribution in [0.15, 0.2) is 47.0 Å². The number of benzene rings is 2. The van der Waals surface area contributed by atoms with E-state index < -0.39 is 17.3 Å². The van der Waals surface area contributed by atoms with E-state index in [1.807, 2.05) is 24.0 Å². The van der Waals surface area contributed by atoms with Gasteiger partial charge < -0.3 is 18.9 Å². The molecule has 0 aliphatic carbocycles. The predicted molar refractivity (Wildman–Crippen MR) is 141 cm³/mol. The van der Waals surface area contributed by atoms with Crippen molar-refractivity contribution in [2.75, 3.05) is 18.1 Å². The Morgan fingerprint density at radius 2 is 1.90 bits per heavy atom. The van der Waals surface area contributed by atoms with Crippen molar-refractivity contribution in [3.8, 4) is 22.8 Å². The summed E-state index contributed by atoms with van der Waals surface area (Å²) in [5, 5.41) is 3.99. The molecule has 39 heavy (non-hydrogen) atoms. The molecule has 1 aliphatic heterocycles. The first-order chi connectivity index (χ1) is 18.4. The van der Waals surface area contributed by atoms with Crippen molar-refractivity contribution in [3.05, 3.63) is 53.6 Å². The molecule has 0 amide bonds. The molecule has 1 fully saturated rings. The minimum Gasteiger partial charge on any atom is -0.460 e. The van der Waals surface area contributed by atoms with Gasteiger partial charge in [0.15, 0.2) is 0 Å². The van der Waals surface area contributed by atoms with Crippen molar-refractivity contribution in [2.45, 2.75) is 77.8 Å². The van der Waals surface area contributed by atoms with Gasteiger partial charge in [-0.2, -0.15) is 18.2 Å². The number of piperidine rings is 1. The molecule has 0 radical (unpaired) electrons. The summed E-state index contributed by atoms with van der Waals surface area (Å²) in [7, 11) is 0. The molecule has 0 saturated carbocycles. The van der Waals surface area contributed by atoms with Crippen molar-refractivity contribution < 1.29 is 32.0 Å². The Labute approximate surface area is 226 Å². The summed E-state index contributed by atoms with van der Waals surface area (Å²) in [6.45, 7) is 8.43. The summed E-state index contributed by atoms with van der Waals surface area (Å²) in [4.78, 5) is 18.0. The maximum absolute atomic E-state index is 14.1. The van der Waals surface area contributed by atoms with Crippen LogP contribution in [0.5, 0.6) is 0 Å². The third-order valence-corrected chi connectivity index (χ3v) is 6.41. The lowest BCUT2D eigenvalue weighted by Crippen LogP contribution is -2.38. The molecular weight excluding hydrogens is 511 g/mol. The Bertz CT molecular complexity index is 1280. The van der Waals surface area contributed by atoms with Gasteiger partial charge in [0.25, 0.3) is 5.89 Å². The van der Waals surface area contributed by atoms with Crippen LogP contribution in [-0.4, -0.2) is 40.9 Å². The third-order valence-electron chi connectivity index (χ3n) is 6.41. The van der Waals surface area contributed by atoms with E-state index in [0.29, 0.717) is 12.1 Å². The van der Waals surface area contributed by atoms with Crippen LogP contribution in [0.3, 0.4) is 0 Å². The molecule has 2 heterocycles. The van der Waals surface area contributed by atoms with Crippen LogP contribution in [0.25, 0.3) is 22.8 Å². The monoisotopic (exact) mass is 545 g/mol. The SMILES string of the molecule is CC1CCCCN1c1ccc(-c2nc(-c3cccc(COCCC(=O)OC(C)(C)C)c3)no2)cc1C(F)(F)F. The molecule has 1 saturated heterocycles. The van der Waals surface area contributed by atoms with Gasteiger partial charge in [-0.25, -0.2) is 0 Å². The fourth-order valence-corrected chi connectivity index (χ4v) is 4.60. The van der Waals surface area contributed by atoms with E-state index in [1.165, 1.54) is 6.07 Å². The minimum absolute atomic E-state index is 0.00718. The van der Waals surface area contributed by atoms with Crippen LogP contribution in [0.1, 0.15) is 64.5 Å². The number of hydrogen-bond donors (Lipinski definition) is 0. The summed E-state index contributed by atoms with van der Waals surface area (Å²) >= 11 is 0. The fourth-order valence-electron chi connectivity index (χ4n) is 4.60. The van der Waals surface area contributed by atoms with Crippen LogP contribution < -0.4 is 4.90 Å². The lowest BCUT2D eigenvalue weighted by atomic mass is 9.99. The molecule has 3 aromatic rings. The second-order valence-electron chi connectivity index (χ2n) is 10.8. The van der Waals surface area contributed by atoms with E-state index >= 15 is 0 Å². The Balaban J connectivity index is 1.46. The summed E-state index contributed by atoms with van der Waals surface area (Å²) in [5.41, 5.74) is 0.583. The van der Waals surface area contributed by atoms with E-state index in [4.69, 9.17) is 14.0 Å². The number of carbonyl (C=O) groups is 1. The van der Waals surface area contributed by atoms with Gasteiger partial charge in [-0.3, -0.25) is 4.79 Å². The summed E-state index contributed by atoms with van der Waals surface area (Å²) in [6.07, 6.45) is -1.64. The number of nitrogens with zero attached hydrogens (tertiary/aromatic N) is 3. The van der Waals surface area contributed by atoms with Gasteiger partial charge in [0.2, 0.25) is 5.82 Å². The van der Waals surface area contributed by atoms with E-state index in [9.17, 15) is 18.0 Å². The summed E-state index contributed by atoms with van der Waals surface area (Å²) < 4.78 is 58.4. The Morgan fingerprint density at radius 3 is 2.62 bits per heavy atom. The van der Waals surface area contributed by atoms with Crippen LogP contribution in [0.2, 0.25) is 0 Å². The molecule has 10 heteroatoms. The third kappa shape index (κ3) is 7.59. The highest BCUT2D eigenvalue weighted by Crippen LogP contribution is 2.41.